The molecule has 0 unspecified atom stereocenters. The highest BCUT2D eigenvalue weighted by atomic mass is 35.5. The van der Waals surface area contributed by atoms with Crippen molar-refractivity contribution in [1.82, 2.24) is 10.2 Å². The molecule has 1 aromatic rings. The quantitative estimate of drug-likeness (QED) is 0.879. The fraction of sp³-hybridized carbons (Fsp3) is 0.647. The largest absolute Gasteiger partial charge is 0.314 e. The van der Waals surface area contributed by atoms with Crippen LogP contribution < -0.4 is 5.32 Å². The van der Waals surface area contributed by atoms with E-state index in [1.165, 1.54) is 27.8 Å². The SMILES string of the molecule is Cc1c(C)c(C)c([C@H](C)N2CCNCC2)c(C)c1C.Cl.Cl. The molecule has 0 saturated carbocycles. The maximum atomic E-state index is 3.44. The molecular weight excluding hydrogens is 303 g/mol. The van der Waals surface area contributed by atoms with Crippen LogP contribution in [-0.2, 0) is 0 Å². The van der Waals surface area contributed by atoms with Gasteiger partial charge in [-0.25, -0.2) is 0 Å². The molecule has 2 nitrogen and oxygen atoms in total. The molecule has 1 fully saturated rings. The van der Waals surface area contributed by atoms with Gasteiger partial charge in [0.15, 0.2) is 0 Å². The summed E-state index contributed by atoms with van der Waals surface area (Å²) in [4.78, 5) is 2.61. The summed E-state index contributed by atoms with van der Waals surface area (Å²) in [7, 11) is 0. The molecule has 0 amide bonds. The maximum Gasteiger partial charge on any atom is 0.0326 e. The molecule has 0 aliphatic carbocycles. The van der Waals surface area contributed by atoms with E-state index < -0.39 is 0 Å². The second kappa shape index (κ2) is 8.38. The molecule has 21 heavy (non-hydrogen) atoms. The Morgan fingerprint density at radius 3 is 1.57 bits per heavy atom. The van der Waals surface area contributed by atoms with Crippen LogP contribution in [0.2, 0.25) is 0 Å². The van der Waals surface area contributed by atoms with E-state index in [-0.39, 0.29) is 24.8 Å². The standard InChI is InChI=1S/C17H28N2.2ClH/c1-11-12(2)14(4)17(15(5)13(11)3)16(6)19-9-7-18-8-10-19;;/h16,18H,7-10H2,1-6H3;2*1H/t16-;;/m0../s1. The molecule has 1 aromatic carbocycles. The first-order chi connectivity index (χ1) is 8.95. The van der Waals surface area contributed by atoms with E-state index in [9.17, 15) is 0 Å². The molecule has 1 saturated heterocycles. The van der Waals surface area contributed by atoms with Crippen LogP contribution in [0.25, 0.3) is 0 Å². The second-order valence-electron chi connectivity index (χ2n) is 6.00. The smallest absolute Gasteiger partial charge is 0.0326 e. The lowest BCUT2D eigenvalue weighted by molar-refractivity contribution is 0.184. The van der Waals surface area contributed by atoms with Crippen LogP contribution in [-0.4, -0.2) is 31.1 Å². The van der Waals surface area contributed by atoms with Gasteiger partial charge in [-0.15, -0.1) is 24.8 Å². The number of benzene rings is 1. The third-order valence-electron chi connectivity index (χ3n) is 5.18. The van der Waals surface area contributed by atoms with Gasteiger partial charge in [-0.1, -0.05) is 0 Å². The molecule has 2 rings (SSSR count). The van der Waals surface area contributed by atoms with Crippen molar-refractivity contribution in [1.29, 1.82) is 0 Å². The molecule has 0 radical (unpaired) electrons. The average Bonchev–Trinajstić information content (AvgIpc) is 2.44. The van der Waals surface area contributed by atoms with E-state index in [1.807, 2.05) is 0 Å². The molecule has 1 atom stereocenters. The monoisotopic (exact) mass is 332 g/mol. The van der Waals surface area contributed by atoms with E-state index in [2.05, 4.69) is 51.8 Å². The number of nitrogens with one attached hydrogen (secondary N) is 1. The highest BCUT2D eigenvalue weighted by Crippen LogP contribution is 2.33. The van der Waals surface area contributed by atoms with Crippen molar-refractivity contribution in [2.45, 2.75) is 47.6 Å². The van der Waals surface area contributed by atoms with Crippen LogP contribution >= 0.6 is 24.8 Å². The predicted molar refractivity (Wildman–Crippen MR) is 97.5 cm³/mol. The topological polar surface area (TPSA) is 15.3 Å². The summed E-state index contributed by atoms with van der Waals surface area (Å²) in [6.07, 6.45) is 0. The van der Waals surface area contributed by atoms with Crippen LogP contribution in [0, 0.1) is 34.6 Å². The fourth-order valence-corrected chi connectivity index (χ4v) is 3.41. The van der Waals surface area contributed by atoms with E-state index >= 15 is 0 Å². The Morgan fingerprint density at radius 1 is 0.762 bits per heavy atom. The predicted octanol–water partition coefficient (Wildman–Crippen LogP) is 4.04. The van der Waals surface area contributed by atoms with Crippen molar-refractivity contribution in [3.05, 3.63) is 33.4 Å². The van der Waals surface area contributed by atoms with Gasteiger partial charge in [-0.05, 0) is 74.9 Å². The minimum Gasteiger partial charge on any atom is -0.314 e. The molecule has 122 valence electrons. The molecule has 4 heteroatoms. The van der Waals surface area contributed by atoms with Gasteiger partial charge in [-0.2, -0.15) is 0 Å². The minimum absolute atomic E-state index is 0. The number of piperazine rings is 1. The van der Waals surface area contributed by atoms with Crippen LogP contribution in [0.15, 0.2) is 0 Å². The van der Waals surface area contributed by atoms with Gasteiger partial charge in [0.25, 0.3) is 0 Å². The Kier molecular flexibility index (Phi) is 8.27. The summed E-state index contributed by atoms with van der Waals surface area (Å²) < 4.78 is 0. The average molecular weight is 333 g/mol. The lowest BCUT2D eigenvalue weighted by Crippen LogP contribution is -2.44. The molecule has 1 aliphatic heterocycles. The summed E-state index contributed by atoms with van der Waals surface area (Å²) in [5.74, 6) is 0. The zero-order valence-electron chi connectivity index (χ0n) is 14.2. The summed E-state index contributed by atoms with van der Waals surface area (Å²) >= 11 is 0. The Balaban J connectivity index is 0.00000200. The number of hydrogen-bond acceptors (Lipinski definition) is 2. The van der Waals surface area contributed by atoms with Crippen molar-refractivity contribution in [3.63, 3.8) is 0 Å². The zero-order chi connectivity index (χ0) is 14.2. The van der Waals surface area contributed by atoms with Gasteiger partial charge in [0.05, 0.1) is 0 Å². The van der Waals surface area contributed by atoms with Crippen LogP contribution in [0.5, 0.6) is 0 Å². The first-order valence-electron chi connectivity index (χ1n) is 7.46. The molecule has 1 heterocycles. The minimum atomic E-state index is 0. The summed E-state index contributed by atoms with van der Waals surface area (Å²) in [6.45, 7) is 18.3. The Labute approximate surface area is 142 Å². The van der Waals surface area contributed by atoms with Gasteiger partial charge < -0.3 is 5.32 Å². The highest BCUT2D eigenvalue weighted by molar-refractivity contribution is 5.85. The third-order valence-corrected chi connectivity index (χ3v) is 5.18. The van der Waals surface area contributed by atoms with Crippen LogP contribution in [0.3, 0.4) is 0 Å². The summed E-state index contributed by atoms with van der Waals surface area (Å²) in [5, 5.41) is 3.44. The van der Waals surface area contributed by atoms with Crippen molar-refractivity contribution >= 4 is 24.8 Å². The van der Waals surface area contributed by atoms with Crippen molar-refractivity contribution in [2.24, 2.45) is 0 Å². The molecular formula is C17H30Cl2N2. The normalized spacial score (nSPS) is 16.9. The van der Waals surface area contributed by atoms with E-state index in [4.69, 9.17) is 0 Å². The van der Waals surface area contributed by atoms with E-state index in [0.29, 0.717) is 6.04 Å². The first kappa shape index (κ1) is 20.7. The zero-order valence-corrected chi connectivity index (χ0v) is 15.8. The van der Waals surface area contributed by atoms with Crippen molar-refractivity contribution in [2.75, 3.05) is 26.2 Å². The van der Waals surface area contributed by atoms with Crippen LogP contribution in [0.1, 0.15) is 46.3 Å². The molecule has 1 aliphatic rings. The Hall–Kier alpha value is -0.280. The van der Waals surface area contributed by atoms with E-state index in [1.54, 1.807) is 5.56 Å². The highest BCUT2D eigenvalue weighted by Gasteiger charge is 2.23. The van der Waals surface area contributed by atoms with E-state index in [0.717, 1.165) is 26.2 Å². The lowest BCUT2D eigenvalue weighted by Gasteiger charge is -2.35. The lowest BCUT2D eigenvalue weighted by atomic mass is 9.86. The molecule has 0 aromatic heterocycles. The first-order valence-corrected chi connectivity index (χ1v) is 7.46. The Morgan fingerprint density at radius 2 is 1.14 bits per heavy atom. The molecule has 1 N–H and O–H groups in total. The maximum absolute atomic E-state index is 3.44. The summed E-state index contributed by atoms with van der Waals surface area (Å²) in [5.41, 5.74) is 8.95. The van der Waals surface area contributed by atoms with Crippen LogP contribution in [0.4, 0.5) is 0 Å². The van der Waals surface area contributed by atoms with Gasteiger partial charge >= 0.3 is 0 Å². The number of halogens is 2. The van der Waals surface area contributed by atoms with Crippen molar-refractivity contribution < 1.29 is 0 Å². The number of rotatable bonds is 2. The fourth-order valence-electron chi connectivity index (χ4n) is 3.41. The van der Waals surface area contributed by atoms with Gasteiger partial charge in [-0.3, -0.25) is 4.90 Å². The van der Waals surface area contributed by atoms with Crippen molar-refractivity contribution in [3.8, 4) is 0 Å². The molecule has 0 spiro atoms. The number of nitrogens with zero attached hydrogens (tertiary/aromatic N) is 1. The Bertz CT molecular complexity index is 451. The van der Waals surface area contributed by atoms with Gasteiger partial charge in [0.2, 0.25) is 0 Å². The third kappa shape index (κ3) is 3.92. The summed E-state index contributed by atoms with van der Waals surface area (Å²) in [6, 6.07) is 0.528. The van der Waals surface area contributed by atoms with Gasteiger partial charge in [0.1, 0.15) is 0 Å². The molecule has 0 bridgehead atoms. The number of hydrogen-bond donors (Lipinski definition) is 1. The second-order valence-corrected chi connectivity index (χ2v) is 6.00. The van der Waals surface area contributed by atoms with Gasteiger partial charge in [0, 0.05) is 32.2 Å².